The van der Waals surface area contributed by atoms with Crippen molar-refractivity contribution >= 4 is 33.8 Å². The van der Waals surface area contributed by atoms with Crippen LogP contribution < -0.4 is 5.32 Å². The van der Waals surface area contributed by atoms with E-state index in [1.165, 1.54) is 5.56 Å². The molecule has 0 fully saturated rings. The molecule has 0 aliphatic carbocycles. The van der Waals surface area contributed by atoms with Gasteiger partial charge in [-0.3, -0.25) is 4.98 Å². The number of fused-ring (bicyclic) bond motifs is 1. The van der Waals surface area contributed by atoms with E-state index in [9.17, 15) is 0 Å². The highest BCUT2D eigenvalue weighted by molar-refractivity contribution is 7.10. The number of benzene rings is 1. The number of rotatable bonds is 3. The van der Waals surface area contributed by atoms with Crippen molar-refractivity contribution in [1.29, 1.82) is 0 Å². The lowest BCUT2D eigenvalue weighted by atomic mass is 10.0. The zero-order chi connectivity index (χ0) is 15.0. The zero-order valence-electron chi connectivity index (χ0n) is 12.3. The predicted octanol–water partition coefficient (Wildman–Crippen LogP) is 4.88. The Labute approximate surface area is 133 Å². The maximum Gasteiger partial charge on any atom is 0.0705 e. The number of nitrogens with one attached hydrogen (secondary N) is 1. The van der Waals surface area contributed by atoms with Gasteiger partial charge in [-0.2, -0.15) is 0 Å². The van der Waals surface area contributed by atoms with Crippen LogP contribution in [0.25, 0.3) is 10.9 Å². The summed E-state index contributed by atoms with van der Waals surface area (Å²) in [7, 11) is 1.97. The number of nitrogens with zero attached hydrogens (tertiary/aromatic N) is 1. The lowest BCUT2D eigenvalue weighted by Crippen LogP contribution is -2.16. The highest BCUT2D eigenvalue weighted by Gasteiger charge is 2.18. The van der Waals surface area contributed by atoms with Crippen LogP contribution >= 0.6 is 22.9 Å². The van der Waals surface area contributed by atoms with Gasteiger partial charge < -0.3 is 5.32 Å². The van der Waals surface area contributed by atoms with Crippen molar-refractivity contribution in [2.24, 2.45) is 0 Å². The first-order chi connectivity index (χ1) is 10.1. The van der Waals surface area contributed by atoms with Gasteiger partial charge in [0.1, 0.15) is 0 Å². The van der Waals surface area contributed by atoms with Crippen molar-refractivity contribution < 1.29 is 0 Å². The quantitative estimate of drug-likeness (QED) is 0.745. The number of aromatic nitrogens is 1. The Hall–Kier alpha value is -1.42. The summed E-state index contributed by atoms with van der Waals surface area (Å²) in [5.41, 5.74) is 4.41. The van der Waals surface area contributed by atoms with Gasteiger partial charge in [-0.05, 0) is 55.6 Å². The third-order valence-electron chi connectivity index (χ3n) is 3.66. The summed E-state index contributed by atoms with van der Waals surface area (Å²) in [6.45, 7) is 4.06. The van der Waals surface area contributed by atoms with Gasteiger partial charge >= 0.3 is 0 Å². The van der Waals surface area contributed by atoms with Crippen LogP contribution in [0.3, 0.4) is 0 Å². The Morgan fingerprint density at radius 1 is 1.19 bits per heavy atom. The summed E-state index contributed by atoms with van der Waals surface area (Å²) in [5.74, 6) is 0. The third kappa shape index (κ3) is 2.69. The molecule has 0 saturated carbocycles. The number of halogens is 1. The first-order valence-electron chi connectivity index (χ1n) is 6.88. The van der Waals surface area contributed by atoms with E-state index >= 15 is 0 Å². The highest BCUT2D eigenvalue weighted by Crippen LogP contribution is 2.36. The second-order valence-electron chi connectivity index (χ2n) is 5.22. The van der Waals surface area contributed by atoms with E-state index in [0.717, 1.165) is 32.1 Å². The average Bonchev–Trinajstić information content (AvgIpc) is 2.81. The number of thiophene rings is 1. The van der Waals surface area contributed by atoms with Crippen molar-refractivity contribution in [1.82, 2.24) is 10.3 Å². The van der Waals surface area contributed by atoms with Crippen LogP contribution in [0, 0.1) is 13.8 Å². The third-order valence-corrected chi connectivity index (χ3v) is 5.44. The van der Waals surface area contributed by atoms with Crippen molar-refractivity contribution in [3.8, 4) is 0 Å². The fraction of sp³-hybridized carbons (Fsp3) is 0.235. The summed E-state index contributed by atoms with van der Waals surface area (Å²) < 4.78 is 0. The molecule has 0 aliphatic rings. The first kappa shape index (κ1) is 14.5. The number of aryl methyl sites for hydroxylation is 2. The van der Waals surface area contributed by atoms with Gasteiger partial charge in [0.25, 0.3) is 0 Å². The molecule has 0 radical (unpaired) electrons. The van der Waals surface area contributed by atoms with Crippen molar-refractivity contribution in [3.63, 3.8) is 0 Å². The largest absolute Gasteiger partial charge is 0.309 e. The van der Waals surface area contributed by atoms with E-state index in [1.54, 1.807) is 11.3 Å². The van der Waals surface area contributed by atoms with Gasteiger partial charge in [0.05, 0.1) is 16.6 Å². The normalized spacial score (nSPS) is 12.8. The lowest BCUT2D eigenvalue weighted by molar-refractivity contribution is 0.704. The molecule has 1 atom stereocenters. The molecule has 3 rings (SSSR count). The van der Waals surface area contributed by atoms with Crippen LogP contribution in [0.5, 0.6) is 0 Å². The smallest absolute Gasteiger partial charge is 0.0705 e. The Morgan fingerprint density at radius 3 is 2.67 bits per heavy atom. The van der Waals surface area contributed by atoms with Crippen LogP contribution in [0.15, 0.2) is 35.7 Å². The van der Waals surface area contributed by atoms with E-state index < -0.39 is 0 Å². The molecule has 21 heavy (non-hydrogen) atoms. The van der Waals surface area contributed by atoms with Crippen LogP contribution in [-0.4, -0.2) is 12.0 Å². The molecule has 0 spiro atoms. The van der Waals surface area contributed by atoms with Crippen molar-refractivity contribution in [3.05, 3.63) is 62.4 Å². The predicted molar refractivity (Wildman–Crippen MR) is 91.4 cm³/mol. The topological polar surface area (TPSA) is 24.9 Å². The monoisotopic (exact) mass is 316 g/mol. The fourth-order valence-corrected chi connectivity index (χ4v) is 3.96. The van der Waals surface area contributed by atoms with Gasteiger partial charge in [0.15, 0.2) is 0 Å². The van der Waals surface area contributed by atoms with E-state index in [2.05, 4.69) is 39.9 Å². The molecule has 0 amide bonds. The van der Waals surface area contributed by atoms with Crippen LogP contribution in [0.4, 0.5) is 0 Å². The minimum atomic E-state index is 0.113. The Kier molecular flexibility index (Phi) is 3.98. The Balaban J connectivity index is 2.09. The summed E-state index contributed by atoms with van der Waals surface area (Å²) in [5, 5.41) is 7.49. The molecule has 1 N–H and O–H groups in total. The Morgan fingerprint density at radius 2 is 2.00 bits per heavy atom. The maximum atomic E-state index is 6.43. The molecule has 2 aromatic heterocycles. The molecule has 1 unspecified atom stereocenters. The van der Waals surface area contributed by atoms with Gasteiger partial charge in [0.2, 0.25) is 0 Å². The van der Waals surface area contributed by atoms with Gasteiger partial charge in [-0.15, -0.1) is 11.3 Å². The second-order valence-corrected chi connectivity index (χ2v) is 6.51. The fourth-order valence-electron chi connectivity index (χ4n) is 2.52. The number of hydrogen-bond acceptors (Lipinski definition) is 3. The number of pyridine rings is 1. The van der Waals surface area contributed by atoms with E-state index in [0.29, 0.717) is 0 Å². The molecule has 4 heteroatoms. The van der Waals surface area contributed by atoms with E-state index in [4.69, 9.17) is 11.6 Å². The maximum absolute atomic E-state index is 6.43. The molecule has 108 valence electrons. The van der Waals surface area contributed by atoms with Crippen molar-refractivity contribution in [2.75, 3.05) is 7.05 Å². The van der Waals surface area contributed by atoms with Gasteiger partial charge in [-0.25, -0.2) is 0 Å². The first-order valence-corrected chi connectivity index (χ1v) is 8.14. The van der Waals surface area contributed by atoms with E-state index in [-0.39, 0.29) is 6.04 Å². The molecule has 3 aromatic rings. The van der Waals surface area contributed by atoms with Gasteiger partial charge in [0, 0.05) is 16.0 Å². The van der Waals surface area contributed by atoms with Crippen molar-refractivity contribution in [2.45, 2.75) is 19.9 Å². The van der Waals surface area contributed by atoms with Crippen LogP contribution in [0.2, 0.25) is 5.02 Å². The standard InChI is InChI=1S/C17H17ClN2S/c1-10-9-21-17(15(10)18)16(19-3)13-6-7-14-12(8-13)5-4-11(2)20-14/h4-9,16,19H,1-3H3. The highest BCUT2D eigenvalue weighted by atomic mass is 35.5. The molecular formula is C17H17ClN2S. The van der Waals surface area contributed by atoms with Crippen LogP contribution in [0.1, 0.15) is 27.7 Å². The molecule has 0 aliphatic heterocycles. The Bertz CT molecular complexity index is 795. The molecule has 0 saturated heterocycles. The van der Waals surface area contributed by atoms with Crippen LogP contribution in [-0.2, 0) is 0 Å². The molecule has 2 heterocycles. The molecular weight excluding hydrogens is 300 g/mol. The summed E-state index contributed by atoms with van der Waals surface area (Å²) in [6.07, 6.45) is 0. The minimum Gasteiger partial charge on any atom is -0.309 e. The molecule has 0 bridgehead atoms. The molecule has 1 aromatic carbocycles. The van der Waals surface area contributed by atoms with Gasteiger partial charge in [-0.1, -0.05) is 23.7 Å². The second kappa shape index (κ2) is 5.76. The molecule has 2 nitrogen and oxygen atoms in total. The number of hydrogen-bond donors (Lipinski definition) is 1. The summed E-state index contributed by atoms with van der Waals surface area (Å²) >= 11 is 8.13. The average molecular weight is 317 g/mol. The SMILES string of the molecule is CNC(c1ccc2nc(C)ccc2c1)c1scc(C)c1Cl. The lowest BCUT2D eigenvalue weighted by Gasteiger charge is -2.16. The van der Waals surface area contributed by atoms with E-state index in [1.807, 2.05) is 27.0 Å². The summed E-state index contributed by atoms with van der Waals surface area (Å²) in [6, 6.07) is 10.7. The zero-order valence-corrected chi connectivity index (χ0v) is 13.8. The minimum absolute atomic E-state index is 0.113. The summed E-state index contributed by atoms with van der Waals surface area (Å²) in [4.78, 5) is 5.72.